The van der Waals surface area contributed by atoms with Gasteiger partial charge < -0.3 is 9.13 Å². The summed E-state index contributed by atoms with van der Waals surface area (Å²) in [5.41, 5.74) is 13.3. The average molecular weight is 642 g/mol. The Morgan fingerprint density at radius 1 is 0.600 bits per heavy atom. The minimum Gasteiger partial charge on any atom is -0.313 e. The van der Waals surface area contributed by atoms with Gasteiger partial charge in [-0.1, -0.05) is 66.8 Å². The van der Waals surface area contributed by atoms with Crippen molar-refractivity contribution in [3.8, 4) is 23.9 Å². The zero-order valence-corrected chi connectivity index (χ0v) is 27.4. The summed E-state index contributed by atoms with van der Waals surface area (Å²) in [5.74, 6) is -0.0812. The summed E-state index contributed by atoms with van der Waals surface area (Å²) in [5, 5.41) is 33.3. The fourth-order valence-corrected chi connectivity index (χ4v) is 8.33. The van der Waals surface area contributed by atoms with E-state index in [-0.39, 0.29) is 5.92 Å². The molecule has 1 unspecified atom stereocenters. The maximum atomic E-state index is 10.8. The topological polar surface area (TPSA) is 81.2 Å². The quantitative estimate of drug-likeness (QED) is 0.192. The van der Waals surface area contributed by atoms with Crippen LogP contribution in [0.2, 0.25) is 0 Å². The van der Waals surface area contributed by atoms with E-state index in [1.807, 2.05) is 24.3 Å². The summed E-state index contributed by atoms with van der Waals surface area (Å²) in [6.45, 7) is 0. The molecular weight excluding hydrogens is 611 g/mol. The molecule has 0 saturated heterocycles. The zero-order valence-electron chi connectivity index (χ0n) is 27.4. The standard InChI is InChI=1S/C45H31N5/c46-26-29-16-22-44-38(24-29)36-9-2-4-13-41(36)49(44)32-20-18-31(19-21-32)33-11-7-12-34(40(33)28-48)35-8-1-5-14-42(35)50-43-15-6-3-10-37(43)39-25-30(27-47)17-23-45(39)50/h1-3,6-11,15-25,34H,4-5,12-14H2. The van der Waals surface area contributed by atoms with Gasteiger partial charge in [-0.25, -0.2) is 0 Å². The van der Waals surface area contributed by atoms with Crippen LogP contribution in [0.3, 0.4) is 0 Å². The third-order valence-electron chi connectivity index (χ3n) is 10.5. The van der Waals surface area contributed by atoms with Crippen LogP contribution in [0.15, 0.2) is 126 Å². The van der Waals surface area contributed by atoms with Crippen molar-refractivity contribution in [3.63, 3.8) is 0 Å². The van der Waals surface area contributed by atoms with Crippen molar-refractivity contribution in [2.24, 2.45) is 5.92 Å². The third kappa shape index (κ3) is 4.51. The molecule has 0 bridgehead atoms. The third-order valence-corrected chi connectivity index (χ3v) is 10.5. The van der Waals surface area contributed by atoms with E-state index in [1.165, 1.54) is 22.5 Å². The molecule has 0 fully saturated rings. The van der Waals surface area contributed by atoms with Crippen LogP contribution in [0, 0.1) is 39.9 Å². The van der Waals surface area contributed by atoms with E-state index in [0.717, 1.165) is 87.2 Å². The van der Waals surface area contributed by atoms with Crippen LogP contribution in [-0.2, 0) is 6.42 Å². The molecule has 5 heteroatoms. The first-order valence-electron chi connectivity index (χ1n) is 17.2. The molecule has 0 spiro atoms. The monoisotopic (exact) mass is 641 g/mol. The van der Waals surface area contributed by atoms with E-state index in [2.05, 4.69) is 124 Å². The largest absolute Gasteiger partial charge is 0.313 e. The highest BCUT2D eigenvalue weighted by molar-refractivity contribution is 6.10. The minimum atomic E-state index is -0.0812. The van der Waals surface area contributed by atoms with Crippen LogP contribution < -0.4 is 0 Å². The van der Waals surface area contributed by atoms with Crippen LogP contribution in [0.1, 0.15) is 53.6 Å². The second kappa shape index (κ2) is 11.8. The van der Waals surface area contributed by atoms with Gasteiger partial charge in [0.2, 0.25) is 0 Å². The highest BCUT2D eigenvalue weighted by Crippen LogP contribution is 2.43. The molecule has 0 amide bonds. The van der Waals surface area contributed by atoms with Crippen LogP contribution in [0.4, 0.5) is 0 Å². The van der Waals surface area contributed by atoms with Gasteiger partial charge in [0.05, 0.1) is 45.9 Å². The lowest BCUT2D eigenvalue weighted by Gasteiger charge is -2.28. The Hall–Kier alpha value is -6.61. The second-order valence-corrected chi connectivity index (χ2v) is 13.2. The van der Waals surface area contributed by atoms with Gasteiger partial charge in [0.15, 0.2) is 0 Å². The number of aromatic nitrogens is 2. The highest BCUT2D eigenvalue weighted by Gasteiger charge is 2.29. The van der Waals surface area contributed by atoms with E-state index < -0.39 is 0 Å². The molecule has 3 aliphatic rings. The molecule has 2 heterocycles. The van der Waals surface area contributed by atoms with Crippen molar-refractivity contribution >= 4 is 50.1 Å². The molecule has 2 aromatic heterocycles. The second-order valence-electron chi connectivity index (χ2n) is 13.2. The molecule has 236 valence electrons. The summed E-state index contributed by atoms with van der Waals surface area (Å²) in [7, 11) is 0. The van der Waals surface area contributed by atoms with Crippen molar-refractivity contribution in [2.45, 2.75) is 32.1 Å². The van der Waals surface area contributed by atoms with Gasteiger partial charge in [-0.05, 0) is 103 Å². The number of hydrogen-bond acceptors (Lipinski definition) is 3. The van der Waals surface area contributed by atoms with Crippen molar-refractivity contribution in [2.75, 3.05) is 0 Å². The summed E-state index contributed by atoms with van der Waals surface area (Å²) < 4.78 is 4.69. The van der Waals surface area contributed by atoms with E-state index >= 15 is 0 Å². The molecule has 6 aromatic rings. The first kappa shape index (κ1) is 29.5. The van der Waals surface area contributed by atoms with Crippen LogP contribution in [-0.4, -0.2) is 9.13 Å². The van der Waals surface area contributed by atoms with Gasteiger partial charge in [0.1, 0.15) is 0 Å². The fraction of sp³-hybridized carbons (Fsp3) is 0.133. The molecule has 3 aliphatic carbocycles. The van der Waals surface area contributed by atoms with Gasteiger partial charge in [0, 0.05) is 50.3 Å². The number of hydrogen-bond donors (Lipinski definition) is 0. The first-order chi connectivity index (χ1) is 24.7. The van der Waals surface area contributed by atoms with Crippen molar-refractivity contribution < 1.29 is 0 Å². The van der Waals surface area contributed by atoms with Crippen molar-refractivity contribution in [1.82, 2.24) is 9.13 Å². The molecular formula is C45H31N5. The number of nitrogens with zero attached hydrogens (tertiary/aromatic N) is 5. The Balaban J connectivity index is 1.16. The van der Waals surface area contributed by atoms with Crippen LogP contribution >= 0.6 is 0 Å². The number of rotatable bonds is 4. The first-order valence-corrected chi connectivity index (χ1v) is 17.2. The van der Waals surface area contributed by atoms with Crippen LogP contribution in [0.25, 0.3) is 55.7 Å². The number of fused-ring (bicyclic) bond motifs is 6. The smallest absolute Gasteiger partial charge is 0.0991 e. The molecule has 1 atom stereocenters. The number of nitriles is 3. The lowest BCUT2D eigenvalue weighted by atomic mass is 9.78. The lowest BCUT2D eigenvalue weighted by molar-refractivity contribution is 0.742. The lowest BCUT2D eigenvalue weighted by Crippen LogP contribution is -2.15. The van der Waals surface area contributed by atoms with E-state index in [4.69, 9.17) is 0 Å². The molecule has 9 rings (SSSR count). The predicted molar refractivity (Wildman–Crippen MR) is 201 cm³/mol. The molecule has 4 aromatic carbocycles. The van der Waals surface area contributed by atoms with Crippen molar-refractivity contribution in [3.05, 3.63) is 154 Å². The summed E-state index contributed by atoms with van der Waals surface area (Å²) in [6.07, 6.45) is 17.7. The maximum Gasteiger partial charge on any atom is 0.0991 e. The number of para-hydroxylation sites is 1. The van der Waals surface area contributed by atoms with Gasteiger partial charge in [0.25, 0.3) is 0 Å². The zero-order chi connectivity index (χ0) is 33.8. The minimum absolute atomic E-state index is 0.0812. The average Bonchev–Trinajstić information content (AvgIpc) is 3.69. The molecule has 50 heavy (non-hydrogen) atoms. The fourth-order valence-electron chi connectivity index (χ4n) is 8.33. The summed E-state index contributed by atoms with van der Waals surface area (Å²) in [4.78, 5) is 0. The normalized spacial score (nSPS) is 16.9. The maximum absolute atomic E-state index is 10.8. The summed E-state index contributed by atoms with van der Waals surface area (Å²) >= 11 is 0. The molecule has 5 nitrogen and oxygen atoms in total. The Labute approximate surface area is 290 Å². The number of benzene rings is 4. The van der Waals surface area contributed by atoms with Gasteiger partial charge in [-0.15, -0.1) is 0 Å². The van der Waals surface area contributed by atoms with E-state index in [9.17, 15) is 15.8 Å². The SMILES string of the molecule is N#CC1=C(c2ccc(-n3c4c(c5cc(C#N)ccc53)C=CCC4)cc2)C=CCC1C1=C(n2c3ccccc3c3cc(C#N)ccc32)CCC=C1. The molecule has 0 N–H and O–H groups in total. The Kier molecular flexibility index (Phi) is 6.98. The predicted octanol–water partition coefficient (Wildman–Crippen LogP) is 10.6. The van der Waals surface area contributed by atoms with Gasteiger partial charge in [-0.2, -0.15) is 15.8 Å². The highest BCUT2D eigenvalue weighted by atomic mass is 15.0. The summed E-state index contributed by atoms with van der Waals surface area (Å²) in [6, 6.07) is 36.2. The Bertz CT molecular complexity index is 2700. The van der Waals surface area contributed by atoms with E-state index in [1.54, 1.807) is 0 Å². The van der Waals surface area contributed by atoms with Crippen molar-refractivity contribution in [1.29, 1.82) is 15.8 Å². The van der Waals surface area contributed by atoms with E-state index in [0.29, 0.717) is 11.1 Å². The molecule has 0 saturated carbocycles. The Morgan fingerprint density at radius 3 is 2.08 bits per heavy atom. The molecule has 0 aliphatic heterocycles. The van der Waals surface area contributed by atoms with Gasteiger partial charge in [-0.3, -0.25) is 0 Å². The number of allylic oxidation sites excluding steroid dienone is 9. The van der Waals surface area contributed by atoms with Gasteiger partial charge >= 0.3 is 0 Å². The van der Waals surface area contributed by atoms with Crippen LogP contribution in [0.5, 0.6) is 0 Å². The molecule has 0 radical (unpaired) electrons. The Morgan fingerprint density at radius 2 is 1.30 bits per heavy atom.